The van der Waals surface area contributed by atoms with Gasteiger partial charge in [-0.3, -0.25) is 4.79 Å². The van der Waals surface area contributed by atoms with Crippen molar-refractivity contribution in [1.29, 1.82) is 0 Å². The molecule has 0 saturated carbocycles. The van der Waals surface area contributed by atoms with E-state index in [1.54, 1.807) is 24.3 Å². The van der Waals surface area contributed by atoms with Crippen LogP contribution in [-0.4, -0.2) is 95.2 Å². The first-order valence-electron chi connectivity index (χ1n) is 12.7. The molecule has 0 amide bonds. The monoisotopic (exact) mass is 574 g/mol. The summed E-state index contributed by atoms with van der Waals surface area (Å²) < 4.78 is 27.5. The minimum absolute atomic E-state index is 0.117. The number of carboxylic acids is 1. The zero-order valence-corrected chi connectivity index (χ0v) is 22.1. The Morgan fingerprint density at radius 2 is 1.88 bits per heavy atom. The fraction of sp³-hybridized carbons (Fsp3) is 0.407. The lowest BCUT2D eigenvalue weighted by Gasteiger charge is -2.47. The summed E-state index contributed by atoms with van der Waals surface area (Å²) in [6, 6.07) is 8.68. The molecule has 41 heavy (non-hydrogen) atoms. The SMILES string of the molecule is COc1ccc(-c2cc(=O)c3c(O)c(OC)c(OC4OC(C(=O)O)C(O)(CC5CNCN5)C(O)C4O)cc3o2)cc1. The van der Waals surface area contributed by atoms with Gasteiger partial charge in [0.2, 0.25) is 12.0 Å². The van der Waals surface area contributed by atoms with Crippen molar-refractivity contribution in [3.8, 4) is 34.3 Å². The molecule has 0 aliphatic carbocycles. The van der Waals surface area contributed by atoms with Gasteiger partial charge in [0.15, 0.2) is 23.0 Å². The van der Waals surface area contributed by atoms with E-state index in [1.807, 2.05) is 0 Å². The maximum atomic E-state index is 13.0. The standard InChI is InChI=1S/C27H30N2O12/c1-37-14-5-3-12(4-6-14)16-7-15(30)19-17(39-16)8-18(22(38-2)20(19)31)40-26-21(32)23(33)27(36,24(41-26)25(34)35)9-13-10-28-11-29-13/h3-8,13,21,23-24,26,28-29,31-33,36H,9-11H2,1-2H3,(H,34,35). The van der Waals surface area contributed by atoms with Crippen molar-refractivity contribution in [3.05, 3.63) is 46.6 Å². The molecule has 2 aliphatic rings. The van der Waals surface area contributed by atoms with Crippen LogP contribution < -0.4 is 30.3 Å². The predicted molar refractivity (Wildman–Crippen MR) is 141 cm³/mol. The number of hydrogen-bond donors (Lipinski definition) is 7. The maximum absolute atomic E-state index is 13.0. The molecule has 2 fully saturated rings. The summed E-state index contributed by atoms with van der Waals surface area (Å²) in [5, 5.41) is 59.5. The Labute approximate surface area is 232 Å². The molecule has 0 bridgehead atoms. The lowest BCUT2D eigenvalue weighted by atomic mass is 9.79. The van der Waals surface area contributed by atoms with Crippen LogP contribution in [0, 0.1) is 0 Å². The number of carboxylic acid groups (broad SMARTS) is 1. The Balaban J connectivity index is 1.51. The second-order valence-electron chi connectivity index (χ2n) is 9.84. The zero-order chi connectivity index (χ0) is 29.5. The first kappa shape index (κ1) is 28.6. The normalized spacial score (nSPS) is 28.0. The number of fused-ring (bicyclic) bond motifs is 1. The highest BCUT2D eigenvalue weighted by Crippen LogP contribution is 2.44. The Kier molecular flexibility index (Phi) is 7.78. The van der Waals surface area contributed by atoms with Crippen LogP contribution in [0.3, 0.4) is 0 Å². The van der Waals surface area contributed by atoms with Gasteiger partial charge < -0.3 is 59.5 Å². The number of rotatable bonds is 8. The van der Waals surface area contributed by atoms with Gasteiger partial charge in [-0.15, -0.1) is 0 Å². The summed E-state index contributed by atoms with van der Waals surface area (Å²) in [4.78, 5) is 25.1. The van der Waals surface area contributed by atoms with E-state index in [2.05, 4.69) is 10.6 Å². The average Bonchev–Trinajstić information content (AvgIpc) is 3.46. The Morgan fingerprint density at radius 1 is 1.15 bits per heavy atom. The molecule has 14 nitrogen and oxygen atoms in total. The van der Waals surface area contributed by atoms with E-state index in [0.29, 0.717) is 24.5 Å². The number of aromatic hydroxyl groups is 1. The predicted octanol–water partition coefficient (Wildman–Crippen LogP) is -0.267. The van der Waals surface area contributed by atoms with Crippen LogP contribution in [0.2, 0.25) is 0 Å². The topological polar surface area (TPSA) is 209 Å². The first-order valence-corrected chi connectivity index (χ1v) is 12.7. The van der Waals surface area contributed by atoms with Gasteiger partial charge >= 0.3 is 5.97 Å². The highest BCUT2D eigenvalue weighted by molar-refractivity contribution is 5.89. The lowest BCUT2D eigenvalue weighted by molar-refractivity contribution is -0.306. The Bertz CT molecular complexity index is 1490. The van der Waals surface area contributed by atoms with E-state index >= 15 is 0 Å². The van der Waals surface area contributed by atoms with E-state index in [9.17, 15) is 35.1 Å². The molecule has 6 unspecified atom stereocenters. The van der Waals surface area contributed by atoms with Gasteiger partial charge in [-0.25, -0.2) is 4.79 Å². The van der Waals surface area contributed by atoms with E-state index in [0.717, 1.165) is 0 Å². The van der Waals surface area contributed by atoms with Crippen LogP contribution in [0.5, 0.6) is 23.0 Å². The highest BCUT2D eigenvalue weighted by Gasteiger charge is 2.59. The minimum Gasteiger partial charge on any atom is -0.504 e. The molecular weight excluding hydrogens is 544 g/mol. The van der Waals surface area contributed by atoms with Crippen molar-refractivity contribution in [1.82, 2.24) is 10.6 Å². The van der Waals surface area contributed by atoms with Crippen molar-refractivity contribution in [3.63, 3.8) is 0 Å². The third-order valence-corrected chi connectivity index (χ3v) is 7.28. The van der Waals surface area contributed by atoms with Crippen LogP contribution in [0.1, 0.15) is 6.42 Å². The van der Waals surface area contributed by atoms with Gasteiger partial charge in [-0.2, -0.15) is 0 Å². The molecule has 3 heterocycles. The fourth-order valence-corrected chi connectivity index (χ4v) is 5.17. The van der Waals surface area contributed by atoms with Crippen molar-refractivity contribution in [2.75, 3.05) is 27.4 Å². The van der Waals surface area contributed by atoms with Crippen LogP contribution >= 0.6 is 0 Å². The second kappa shape index (κ2) is 11.2. The summed E-state index contributed by atoms with van der Waals surface area (Å²) in [5.74, 6) is -2.10. The average molecular weight is 575 g/mol. The Hall–Kier alpha value is -3.92. The van der Waals surface area contributed by atoms with Gasteiger partial charge in [0, 0.05) is 37.0 Å². The quantitative estimate of drug-likeness (QED) is 0.185. The Morgan fingerprint density at radius 3 is 2.49 bits per heavy atom. The number of phenolic OH excluding ortho intramolecular Hbond substituents is 1. The highest BCUT2D eigenvalue weighted by atomic mass is 16.7. The molecule has 7 N–H and O–H groups in total. The maximum Gasteiger partial charge on any atom is 0.336 e. The number of ether oxygens (including phenoxy) is 4. The van der Waals surface area contributed by atoms with Crippen molar-refractivity contribution in [2.45, 2.75) is 42.7 Å². The number of methoxy groups -OCH3 is 2. The smallest absolute Gasteiger partial charge is 0.336 e. The summed E-state index contributed by atoms with van der Waals surface area (Å²) in [6.07, 6.45) is -7.99. The van der Waals surface area contributed by atoms with Crippen LogP contribution in [0.15, 0.2) is 45.6 Å². The summed E-state index contributed by atoms with van der Waals surface area (Å²) in [5.41, 5.74) is -2.54. The number of aliphatic carboxylic acids is 1. The number of benzene rings is 2. The third kappa shape index (κ3) is 5.16. The molecule has 0 spiro atoms. The lowest BCUT2D eigenvalue weighted by Crippen LogP contribution is -2.70. The van der Waals surface area contributed by atoms with E-state index in [-0.39, 0.29) is 34.6 Å². The van der Waals surface area contributed by atoms with Gasteiger partial charge in [-0.1, -0.05) is 0 Å². The fourth-order valence-electron chi connectivity index (χ4n) is 5.17. The molecular formula is C27H30N2O12. The number of phenols is 1. The number of hydrogen-bond acceptors (Lipinski definition) is 13. The molecule has 2 aliphatic heterocycles. The van der Waals surface area contributed by atoms with Gasteiger partial charge in [0.25, 0.3) is 0 Å². The number of carbonyl (C=O) groups is 1. The molecule has 2 aromatic carbocycles. The van der Waals surface area contributed by atoms with Crippen molar-refractivity contribution < 1.29 is 53.7 Å². The molecule has 14 heteroatoms. The largest absolute Gasteiger partial charge is 0.504 e. The molecule has 5 rings (SSSR count). The summed E-state index contributed by atoms with van der Waals surface area (Å²) in [7, 11) is 2.70. The van der Waals surface area contributed by atoms with Gasteiger partial charge in [0.05, 0.1) is 14.2 Å². The van der Waals surface area contributed by atoms with E-state index in [1.165, 1.54) is 26.4 Å². The van der Waals surface area contributed by atoms with E-state index < -0.39 is 53.4 Å². The number of nitrogens with one attached hydrogen (secondary N) is 2. The zero-order valence-electron chi connectivity index (χ0n) is 22.1. The van der Waals surface area contributed by atoms with Gasteiger partial charge in [-0.05, 0) is 30.7 Å². The molecule has 3 aromatic rings. The van der Waals surface area contributed by atoms with Crippen molar-refractivity contribution in [2.24, 2.45) is 0 Å². The second-order valence-corrected chi connectivity index (χ2v) is 9.84. The van der Waals surface area contributed by atoms with E-state index in [4.69, 9.17) is 23.4 Å². The first-order chi connectivity index (χ1) is 19.6. The van der Waals surface area contributed by atoms with Crippen LogP contribution in [0.4, 0.5) is 0 Å². The molecule has 1 aromatic heterocycles. The molecule has 6 atom stereocenters. The number of aliphatic hydroxyl groups excluding tert-OH is 2. The summed E-state index contributed by atoms with van der Waals surface area (Å²) in [6.45, 7) is 0.819. The van der Waals surface area contributed by atoms with Crippen LogP contribution in [-0.2, 0) is 9.53 Å². The minimum atomic E-state index is -2.37. The van der Waals surface area contributed by atoms with Crippen molar-refractivity contribution >= 4 is 16.9 Å². The summed E-state index contributed by atoms with van der Waals surface area (Å²) >= 11 is 0. The molecule has 220 valence electrons. The third-order valence-electron chi connectivity index (χ3n) is 7.28. The molecule has 0 radical (unpaired) electrons. The van der Waals surface area contributed by atoms with Gasteiger partial charge in [0.1, 0.15) is 40.3 Å². The molecule has 2 saturated heterocycles. The number of aliphatic hydroxyl groups is 3. The van der Waals surface area contributed by atoms with Crippen LogP contribution in [0.25, 0.3) is 22.3 Å².